The van der Waals surface area contributed by atoms with Crippen molar-refractivity contribution in [1.29, 1.82) is 0 Å². The molecule has 0 aromatic rings. The first-order valence-electron chi connectivity index (χ1n) is 4.33. The molecule has 0 rings (SSSR count). The largest absolute Gasteiger partial charge is 0.366 e. The van der Waals surface area contributed by atoms with Gasteiger partial charge in [-0.2, -0.15) is 0 Å². The van der Waals surface area contributed by atoms with Crippen LogP contribution in [0.3, 0.4) is 0 Å². The second kappa shape index (κ2) is 6.05. The molecule has 8 N–H and O–H groups in total. The molecule has 0 saturated carbocycles. The highest BCUT2D eigenvalue weighted by atomic mass is 16.2. The van der Waals surface area contributed by atoms with E-state index in [-0.39, 0.29) is 11.1 Å². The average Bonchev–Trinajstić information content (AvgIpc) is 2.13. The van der Waals surface area contributed by atoms with Crippen molar-refractivity contribution in [2.75, 3.05) is 0 Å². The minimum atomic E-state index is -0.958. The number of carbonyl (C=O) groups excluding carboxylic acids is 4. The van der Waals surface area contributed by atoms with Gasteiger partial charge in [0.05, 0.1) is 0 Å². The van der Waals surface area contributed by atoms with Crippen molar-refractivity contribution < 1.29 is 19.2 Å². The lowest BCUT2D eigenvalue weighted by atomic mass is 10.0. The molecule has 0 aromatic carbocycles. The Morgan fingerprint density at radius 2 is 1.00 bits per heavy atom. The predicted octanol–water partition coefficient (Wildman–Crippen LogP) is -2.83. The molecule has 0 spiro atoms. The third-order valence-electron chi connectivity index (χ3n) is 1.65. The number of nitrogens with two attached hydrogens (primary N) is 4. The fourth-order valence-electron chi connectivity index (χ4n) is 0.967. The summed E-state index contributed by atoms with van der Waals surface area (Å²) in [7, 11) is 0. The van der Waals surface area contributed by atoms with Gasteiger partial charge >= 0.3 is 0 Å². The Kier molecular flexibility index (Phi) is 5.11. The van der Waals surface area contributed by atoms with Crippen LogP contribution in [0, 0.1) is 0 Å². The van der Waals surface area contributed by atoms with Gasteiger partial charge in [0.1, 0.15) is 0 Å². The molecule has 17 heavy (non-hydrogen) atoms. The van der Waals surface area contributed by atoms with Crippen molar-refractivity contribution in [3.05, 3.63) is 23.3 Å². The monoisotopic (exact) mass is 240 g/mol. The van der Waals surface area contributed by atoms with Crippen molar-refractivity contribution in [3.8, 4) is 0 Å². The van der Waals surface area contributed by atoms with Gasteiger partial charge in [-0.1, -0.05) is 0 Å². The first-order chi connectivity index (χ1) is 7.73. The van der Waals surface area contributed by atoms with Gasteiger partial charge in [0, 0.05) is 29.7 Å². The minimum absolute atomic E-state index is 0.246. The second-order valence-electron chi connectivity index (χ2n) is 3.05. The van der Waals surface area contributed by atoms with Gasteiger partial charge in [-0.3, -0.25) is 19.2 Å². The lowest BCUT2D eigenvalue weighted by Gasteiger charge is -2.04. The summed E-state index contributed by atoms with van der Waals surface area (Å²) in [5.74, 6) is -3.75. The van der Waals surface area contributed by atoms with Crippen LogP contribution in [0.5, 0.6) is 0 Å². The third-order valence-corrected chi connectivity index (χ3v) is 1.65. The Morgan fingerprint density at radius 3 is 1.18 bits per heavy atom. The maximum absolute atomic E-state index is 10.9. The number of rotatable bonds is 6. The van der Waals surface area contributed by atoms with E-state index in [1.54, 1.807) is 0 Å². The van der Waals surface area contributed by atoms with Crippen molar-refractivity contribution in [1.82, 2.24) is 0 Å². The standard InChI is InChI=1S/C9H12N4O4/c10-6(14)2-4(8(12)16)1-5(9(13)17)3-7(11)15/h2-3H,1H2,(H2,10,14)(H2,11,15)(H2,12,16)(H2,13,17)/b4-2-,5-3-. The molecular formula is C9H12N4O4. The van der Waals surface area contributed by atoms with E-state index < -0.39 is 30.0 Å². The van der Waals surface area contributed by atoms with E-state index in [9.17, 15) is 19.2 Å². The summed E-state index contributed by atoms with van der Waals surface area (Å²) in [6.45, 7) is 0. The fourth-order valence-corrected chi connectivity index (χ4v) is 0.967. The van der Waals surface area contributed by atoms with Crippen LogP contribution in [-0.4, -0.2) is 23.6 Å². The highest BCUT2D eigenvalue weighted by molar-refractivity contribution is 6.04. The molecule has 8 nitrogen and oxygen atoms in total. The third kappa shape index (κ3) is 5.72. The number of carbonyl (C=O) groups is 4. The Morgan fingerprint density at radius 1 is 0.706 bits per heavy atom. The van der Waals surface area contributed by atoms with E-state index in [0.29, 0.717) is 0 Å². The zero-order chi connectivity index (χ0) is 13.6. The Bertz CT molecular complexity index is 396. The molecule has 0 saturated heterocycles. The van der Waals surface area contributed by atoms with Gasteiger partial charge in [-0.05, 0) is 0 Å². The zero-order valence-electron chi connectivity index (χ0n) is 8.80. The van der Waals surface area contributed by atoms with Crippen LogP contribution >= 0.6 is 0 Å². The summed E-state index contributed by atoms with van der Waals surface area (Å²) in [5.41, 5.74) is 19.1. The molecule has 0 unspecified atom stereocenters. The van der Waals surface area contributed by atoms with Gasteiger partial charge in [-0.15, -0.1) is 0 Å². The van der Waals surface area contributed by atoms with Crippen molar-refractivity contribution in [2.24, 2.45) is 22.9 Å². The summed E-state index contributed by atoms with van der Waals surface area (Å²) >= 11 is 0. The van der Waals surface area contributed by atoms with Crippen molar-refractivity contribution in [3.63, 3.8) is 0 Å². The van der Waals surface area contributed by atoms with Crippen LogP contribution in [0.25, 0.3) is 0 Å². The van der Waals surface area contributed by atoms with Crippen LogP contribution in [0.1, 0.15) is 6.42 Å². The van der Waals surface area contributed by atoms with Gasteiger partial charge in [0.15, 0.2) is 0 Å². The SMILES string of the molecule is NC(=O)/C=C(/C/C(=C/C(N)=O)C(N)=O)C(N)=O. The fraction of sp³-hybridized carbons (Fsp3) is 0.111. The predicted molar refractivity (Wildman–Crippen MR) is 57.6 cm³/mol. The molecule has 0 atom stereocenters. The van der Waals surface area contributed by atoms with Gasteiger partial charge in [0.25, 0.3) is 0 Å². The van der Waals surface area contributed by atoms with E-state index in [1.165, 1.54) is 0 Å². The van der Waals surface area contributed by atoms with Crippen LogP contribution in [0.4, 0.5) is 0 Å². The maximum Gasteiger partial charge on any atom is 0.245 e. The summed E-state index contributed by atoms with van der Waals surface area (Å²) in [5, 5.41) is 0. The summed E-state index contributed by atoms with van der Waals surface area (Å²) < 4.78 is 0. The van der Waals surface area contributed by atoms with Gasteiger partial charge < -0.3 is 22.9 Å². The van der Waals surface area contributed by atoms with Crippen LogP contribution in [-0.2, 0) is 19.2 Å². The van der Waals surface area contributed by atoms with Crippen LogP contribution in [0.15, 0.2) is 23.3 Å². The molecule has 0 aliphatic carbocycles. The molecule has 4 amide bonds. The highest BCUT2D eigenvalue weighted by Gasteiger charge is 2.14. The Hall–Kier alpha value is -2.64. The average molecular weight is 240 g/mol. The molecule has 0 radical (unpaired) electrons. The van der Waals surface area contributed by atoms with Crippen LogP contribution < -0.4 is 22.9 Å². The summed E-state index contributed by atoms with van der Waals surface area (Å²) in [6.07, 6.45) is 1.11. The molecule has 0 aliphatic rings. The molecule has 0 heterocycles. The molecule has 0 aromatic heterocycles. The number of amides is 4. The molecule has 0 fully saturated rings. The quantitative estimate of drug-likeness (QED) is 0.366. The Labute approximate surface area is 96.3 Å². The van der Waals surface area contributed by atoms with Crippen LogP contribution in [0.2, 0.25) is 0 Å². The summed E-state index contributed by atoms with van der Waals surface area (Å²) in [6, 6.07) is 0. The highest BCUT2D eigenvalue weighted by Crippen LogP contribution is 2.10. The van der Waals surface area contributed by atoms with E-state index in [0.717, 1.165) is 12.2 Å². The second-order valence-corrected chi connectivity index (χ2v) is 3.05. The number of hydrogen-bond acceptors (Lipinski definition) is 4. The molecule has 0 aliphatic heterocycles. The van der Waals surface area contributed by atoms with E-state index in [4.69, 9.17) is 22.9 Å². The van der Waals surface area contributed by atoms with E-state index in [1.807, 2.05) is 0 Å². The van der Waals surface area contributed by atoms with E-state index >= 15 is 0 Å². The number of hydrogen-bond donors (Lipinski definition) is 4. The first kappa shape index (κ1) is 14.4. The Balaban J connectivity index is 5.22. The van der Waals surface area contributed by atoms with Gasteiger partial charge in [0.2, 0.25) is 23.6 Å². The topological polar surface area (TPSA) is 172 Å². The molecule has 92 valence electrons. The van der Waals surface area contributed by atoms with Crippen molar-refractivity contribution >= 4 is 23.6 Å². The first-order valence-corrected chi connectivity index (χ1v) is 4.33. The van der Waals surface area contributed by atoms with E-state index in [2.05, 4.69) is 0 Å². The van der Waals surface area contributed by atoms with Crippen molar-refractivity contribution in [2.45, 2.75) is 6.42 Å². The number of primary amides is 4. The molecule has 8 heteroatoms. The van der Waals surface area contributed by atoms with Gasteiger partial charge in [-0.25, -0.2) is 0 Å². The maximum atomic E-state index is 10.9. The smallest absolute Gasteiger partial charge is 0.245 e. The summed E-state index contributed by atoms with van der Waals surface area (Å²) in [4.78, 5) is 43.1. The molecule has 0 bridgehead atoms. The minimum Gasteiger partial charge on any atom is -0.366 e. The molecular weight excluding hydrogens is 228 g/mol. The zero-order valence-corrected chi connectivity index (χ0v) is 8.80. The lowest BCUT2D eigenvalue weighted by molar-refractivity contribution is -0.117. The lowest BCUT2D eigenvalue weighted by Crippen LogP contribution is -2.23. The normalized spacial score (nSPS) is 12.0.